The van der Waals surface area contributed by atoms with Crippen LogP contribution in [0.15, 0.2) is 18.5 Å². The lowest BCUT2D eigenvalue weighted by atomic mass is 9.90. The van der Waals surface area contributed by atoms with Gasteiger partial charge in [0.25, 0.3) is 0 Å². The molecule has 1 unspecified atom stereocenters. The number of rotatable bonds is 3. The zero-order valence-corrected chi connectivity index (χ0v) is 12.5. The number of aromatic amines is 1. The van der Waals surface area contributed by atoms with Gasteiger partial charge in [0.05, 0.1) is 12.7 Å². The van der Waals surface area contributed by atoms with Gasteiger partial charge in [-0.1, -0.05) is 0 Å². The van der Waals surface area contributed by atoms with Crippen molar-refractivity contribution >= 4 is 5.91 Å². The van der Waals surface area contributed by atoms with Crippen LogP contribution in [0.1, 0.15) is 24.2 Å². The second-order valence-corrected chi connectivity index (χ2v) is 5.70. The van der Waals surface area contributed by atoms with Crippen LogP contribution in [0.25, 0.3) is 0 Å². The standard InChI is InChI=1S/C13H15F3N6O2/c14-13(15,16)9-2-5-22(19-9)7-11(23)21-4-1-3-12(24,8-21)10-6-17-20-18-10/h2,5-6,24H,1,3-4,7-8H2,(H,17,18,20). The number of H-pyrrole nitrogens is 1. The summed E-state index contributed by atoms with van der Waals surface area (Å²) in [4.78, 5) is 13.7. The van der Waals surface area contributed by atoms with Gasteiger partial charge in [0.15, 0.2) is 5.69 Å². The minimum Gasteiger partial charge on any atom is -0.382 e. The number of carbonyl (C=O) groups is 1. The number of aliphatic hydroxyl groups is 1. The summed E-state index contributed by atoms with van der Waals surface area (Å²) < 4.78 is 38.5. The molecule has 3 heterocycles. The highest BCUT2D eigenvalue weighted by Gasteiger charge is 2.39. The summed E-state index contributed by atoms with van der Waals surface area (Å²) >= 11 is 0. The Bertz CT molecular complexity index is 714. The predicted molar refractivity (Wildman–Crippen MR) is 73.3 cm³/mol. The average Bonchev–Trinajstić information content (AvgIpc) is 3.18. The second-order valence-electron chi connectivity index (χ2n) is 5.70. The summed E-state index contributed by atoms with van der Waals surface area (Å²) in [5.41, 5.74) is -2.03. The van der Waals surface area contributed by atoms with Gasteiger partial charge in [-0.15, -0.1) is 0 Å². The van der Waals surface area contributed by atoms with Gasteiger partial charge in [-0.2, -0.15) is 33.7 Å². The largest absolute Gasteiger partial charge is 0.435 e. The third kappa shape index (κ3) is 3.25. The van der Waals surface area contributed by atoms with E-state index in [2.05, 4.69) is 20.5 Å². The molecule has 0 bridgehead atoms. The number of β-amino-alcohol motifs (C(OH)–C–C–N with tert-alkyl or cyclic N) is 1. The molecule has 1 saturated heterocycles. The Balaban J connectivity index is 1.68. The number of likely N-dealkylation sites (tertiary alicyclic amines) is 1. The van der Waals surface area contributed by atoms with E-state index in [0.717, 1.165) is 16.9 Å². The van der Waals surface area contributed by atoms with Crippen LogP contribution in [0, 0.1) is 0 Å². The van der Waals surface area contributed by atoms with Crippen LogP contribution in [-0.2, 0) is 23.1 Å². The highest BCUT2D eigenvalue weighted by molar-refractivity contribution is 5.76. The number of carbonyl (C=O) groups excluding carboxylic acids is 1. The zero-order chi connectivity index (χ0) is 17.4. The average molecular weight is 344 g/mol. The van der Waals surface area contributed by atoms with Crippen molar-refractivity contribution in [3.05, 3.63) is 29.8 Å². The molecule has 0 aromatic carbocycles. The van der Waals surface area contributed by atoms with E-state index in [0.29, 0.717) is 25.1 Å². The Hall–Kier alpha value is -2.43. The van der Waals surface area contributed by atoms with Crippen LogP contribution >= 0.6 is 0 Å². The van der Waals surface area contributed by atoms with Gasteiger partial charge < -0.3 is 10.0 Å². The molecule has 2 N–H and O–H groups in total. The van der Waals surface area contributed by atoms with Crippen LogP contribution in [0.5, 0.6) is 0 Å². The molecular weight excluding hydrogens is 329 g/mol. The van der Waals surface area contributed by atoms with Crippen molar-refractivity contribution in [3.63, 3.8) is 0 Å². The normalized spacial score (nSPS) is 21.9. The smallest absolute Gasteiger partial charge is 0.382 e. The highest BCUT2D eigenvalue weighted by Crippen LogP contribution is 2.30. The van der Waals surface area contributed by atoms with E-state index in [1.807, 2.05) is 0 Å². The van der Waals surface area contributed by atoms with Crippen LogP contribution in [0.3, 0.4) is 0 Å². The molecule has 3 rings (SSSR count). The molecule has 11 heteroatoms. The minimum absolute atomic E-state index is 0.00572. The van der Waals surface area contributed by atoms with E-state index in [4.69, 9.17) is 0 Å². The van der Waals surface area contributed by atoms with Crippen molar-refractivity contribution in [1.29, 1.82) is 0 Å². The lowest BCUT2D eigenvalue weighted by Crippen LogP contribution is -2.49. The first-order valence-electron chi connectivity index (χ1n) is 7.25. The maximum atomic E-state index is 12.5. The molecule has 0 saturated carbocycles. The molecule has 24 heavy (non-hydrogen) atoms. The maximum Gasteiger partial charge on any atom is 0.435 e. The molecule has 2 aromatic rings. The monoisotopic (exact) mass is 344 g/mol. The third-order valence-electron chi connectivity index (χ3n) is 3.94. The Morgan fingerprint density at radius 3 is 2.88 bits per heavy atom. The van der Waals surface area contributed by atoms with Crippen molar-refractivity contribution in [1.82, 2.24) is 30.1 Å². The van der Waals surface area contributed by atoms with Crippen molar-refractivity contribution < 1.29 is 23.1 Å². The fourth-order valence-electron chi connectivity index (χ4n) is 2.72. The van der Waals surface area contributed by atoms with E-state index in [-0.39, 0.29) is 13.1 Å². The molecule has 130 valence electrons. The Morgan fingerprint density at radius 2 is 2.25 bits per heavy atom. The Labute approximate surface area is 134 Å². The van der Waals surface area contributed by atoms with E-state index in [1.165, 1.54) is 11.1 Å². The summed E-state index contributed by atoms with van der Waals surface area (Å²) in [6.45, 7) is 0.0864. The molecular formula is C13H15F3N6O2. The number of hydrogen-bond acceptors (Lipinski definition) is 5. The van der Waals surface area contributed by atoms with Crippen LogP contribution < -0.4 is 0 Å². The van der Waals surface area contributed by atoms with Crippen molar-refractivity contribution in [2.45, 2.75) is 31.2 Å². The molecule has 1 aliphatic heterocycles. The Kier molecular flexibility index (Phi) is 4.03. The summed E-state index contributed by atoms with van der Waals surface area (Å²) in [5.74, 6) is -0.423. The van der Waals surface area contributed by atoms with Gasteiger partial charge in [0, 0.05) is 12.7 Å². The number of alkyl halides is 3. The van der Waals surface area contributed by atoms with Gasteiger partial charge in [-0.3, -0.25) is 9.48 Å². The minimum atomic E-state index is -4.55. The molecule has 1 atom stereocenters. The van der Waals surface area contributed by atoms with Gasteiger partial charge in [-0.05, 0) is 18.9 Å². The summed E-state index contributed by atoms with van der Waals surface area (Å²) in [7, 11) is 0. The van der Waals surface area contributed by atoms with Gasteiger partial charge in [-0.25, -0.2) is 0 Å². The van der Waals surface area contributed by atoms with E-state index >= 15 is 0 Å². The number of hydrogen-bond donors (Lipinski definition) is 2. The van der Waals surface area contributed by atoms with Gasteiger partial charge in [0.2, 0.25) is 5.91 Å². The molecule has 8 nitrogen and oxygen atoms in total. The first kappa shape index (κ1) is 16.4. The number of amides is 1. The van der Waals surface area contributed by atoms with Crippen LogP contribution in [0.4, 0.5) is 13.2 Å². The first-order chi connectivity index (χ1) is 11.3. The lowest BCUT2D eigenvalue weighted by molar-refractivity contribution is -0.143. The van der Waals surface area contributed by atoms with Crippen molar-refractivity contribution in [3.8, 4) is 0 Å². The molecule has 1 aliphatic rings. The van der Waals surface area contributed by atoms with E-state index < -0.39 is 23.4 Å². The summed E-state index contributed by atoms with van der Waals surface area (Å²) in [6.07, 6.45) is -1.09. The molecule has 1 amide bonds. The highest BCUT2D eigenvalue weighted by atomic mass is 19.4. The van der Waals surface area contributed by atoms with E-state index in [9.17, 15) is 23.1 Å². The fraction of sp³-hybridized carbons (Fsp3) is 0.538. The summed E-state index contributed by atoms with van der Waals surface area (Å²) in [6, 6.07) is 0.815. The number of aromatic nitrogens is 5. The molecule has 0 aliphatic carbocycles. The zero-order valence-electron chi connectivity index (χ0n) is 12.5. The van der Waals surface area contributed by atoms with Gasteiger partial charge >= 0.3 is 6.18 Å². The molecule has 0 spiro atoms. The molecule has 0 radical (unpaired) electrons. The summed E-state index contributed by atoms with van der Waals surface area (Å²) in [5, 5.41) is 23.9. The van der Waals surface area contributed by atoms with Crippen molar-refractivity contribution in [2.75, 3.05) is 13.1 Å². The topological polar surface area (TPSA) is 99.9 Å². The van der Waals surface area contributed by atoms with Crippen LogP contribution in [-0.4, -0.2) is 54.2 Å². The van der Waals surface area contributed by atoms with Crippen molar-refractivity contribution in [2.24, 2.45) is 0 Å². The maximum absolute atomic E-state index is 12.5. The lowest BCUT2D eigenvalue weighted by Gasteiger charge is -2.37. The second kappa shape index (κ2) is 5.89. The molecule has 2 aromatic heterocycles. The number of halogens is 3. The third-order valence-corrected chi connectivity index (χ3v) is 3.94. The quantitative estimate of drug-likeness (QED) is 0.846. The molecule has 1 fully saturated rings. The Morgan fingerprint density at radius 1 is 1.46 bits per heavy atom. The fourth-order valence-corrected chi connectivity index (χ4v) is 2.72. The van der Waals surface area contributed by atoms with E-state index in [1.54, 1.807) is 0 Å². The first-order valence-corrected chi connectivity index (χ1v) is 7.25. The number of piperidine rings is 1. The van der Waals surface area contributed by atoms with Crippen LogP contribution in [0.2, 0.25) is 0 Å². The SMILES string of the molecule is O=C(Cn1ccc(C(F)(F)F)n1)N1CCCC(O)(c2cn[nH]n2)C1. The number of nitrogens with zero attached hydrogens (tertiary/aromatic N) is 5. The van der Waals surface area contributed by atoms with Gasteiger partial charge in [0.1, 0.15) is 17.8 Å². The number of nitrogens with one attached hydrogen (secondary N) is 1. The predicted octanol–water partition coefficient (Wildman–Crippen LogP) is 0.530.